The number of morpholine rings is 1. The number of carbonyl (C=O) groups excluding carboxylic acids is 2. The van der Waals surface area contributed by atoms with E-state index < -0.39 is 27.7 Å². The van der Waals surface area contributed by atoms with E-state index in [2.05, 4.69) is 15.5 Å². The lowest BCUT2D eigenvalue weighted by atomic mass is 10.2. The first-order chi connectivity index (χ1) is 12.4. The van der Waals surface area contributed by atoms with Gasteiger partial charge in [0.05, 0.1) is 36.1 Å². The lowest BCUT2D eigenvalue weighted by Crippen LogP contribution is -2.38. The SMILES string of the molecule is O=C(CC(=O)NC1CCS(=O)(=O)C1)Nc1ccccc1N1CCOCC1. The Hall–Kier alpha value is -2.13. The minimum Gasteiger partial charge on any atom is -0.378 e. The zero-order chi connectivity index (χ0) is 18.6. The Labute approximate surface area is 152 Å². The zero-order valence-electron chi connectivity index (χ0n) is 14.4. The number of amides is 2. The Morgan fingerprint density at radius 1 is 1.15 bits per heavy atom. The lowest BCUT2D eigenvalue weighted by molar-refractivity contribution is -0.127. The quantitative estimate of drug-likeness (QED) is 0.704. The third kappa shape index (κ3) is 4.95. The van der Waals surface area contributed by atoms with Crippen molar-refractivity contribution in [2.24, 2.45) is 0 Å². The summed E-state index contributed by atoms with van der Waals surface area (Å²) in [7, 11) is -3.07. The van der Waals surface area contributed by atoms with Crippen LogP contribution in [0.15, 0.2) is 24.3 Å². The molecule has 2 aliphatic rings. The fourth-order valence-corrected chi connectivity index (χ4v) is 4.86. The summed E-state index contributed by atoms with van der Waals surface area (Å²) in [6, 6.07) is 7.03. The molecule has 2 fully saturated rings. The molecule has 2 amide bonds. The molecule has 1 unspecified atom stereocenters. The maximum absolute atomic E-state index is 12.2. The second-order valence-corrected chi connectivity index (χ2v) is 8.74. The summed E-state index contributed by atoms with van der Waals surface area (Å²) in [4.78, 5) is 26.4. The maximum Gasteiger partial charge on any atom is 0.233 e. The summed E-state index contributed by atoms with van der Waals surface area (Å²) in [6.45, 7) is 2.75. The first-order valence-electron chi connectivity index (χ1n) is 8.64. The molecule has 1 aromatic rings. The van der Waals surface area contributed by atoms with Crippen molar-refractivity contribution in [2.75, 3.05) is 48.0 Å². The van der Waals surface area contributed by atoms with Crippen LogP contribution in [0.5, 0.6) is 0 Å². The molecule has 0 radical (unpaired) electrons. The standard InChI is InChI=1S/C17H23N3O5S/c21-16(18-13-5-10-26(23,24)12-13)11-17(22)19-14-3-1-2-4-15(14)20-6-8-25-9-7-20/h1-4,13H,5-12H2,(H,18,21)(H,19,22). The van der Waals surface area contributed by atoms with Gasteiger partial charge in [-0.15, -0.1) is 0 Å². The number of hydrogen-bond donors (Lipinski definition) is 2. The number of hydrogen-bond acceptors (Lipinski definition) is 6. The molecule has 0 spiro atoms. The minimum atomic E-state index is -3.07. The topological polar surface area (TPSA) is 105 Å². The molecule has 0 saturated carbocycles. The van der Waals surface area contributed by atoms with Crippen molar-refractivity contribution in [3.05, 3.63) is 24.3 Å². The molecule has 8 nitrogen and oxygen atoms in total. The third-order valence-electron chi connectivity index (χ3n) is 4.45. The predicted molar refractivity (Wildman–Crippen MR) is 97.9 cm³/mol. The number of nitrogens with one attached hydrogen (secondary N) is 2. The summed E-state index contributed by atoms with van der Waals surface area (Å²) in [5.41, 5.74) is 1.54. The summed E-state index contributed by atoms with van der Waals surface area (Å²) in [5.74, 6) is -0.866. The third-order valence-corrected chi connectivity index (χ3v) is 6.22. The number of carbonyl (C=O) groups is 2. The van der Waals surface area contributed by atoms with Crippen molar-refractivity contribution in [1.29, 1.82) is 0 Å². The van der Waals surface area contributed by atoms with Crippen LogP contribution >= 0.6 is 0 Å². The average Bonchev–Trinajstić information content (AvgIpc) is 2.94. The monoisotopic (exact) mass is 381 g/mol. The van der Waals surface area contributed by atoms with E-state index in [1.54, 1.807) is 6.07 Å². The zero-order valence-corrected chi connectivity index (χ0v) is 15.3. The molecule has 2 aliphatic heterocycles. The fourth-order valence-electron chi connectivity index (χ4n) is 3.19. The van der Waals surface area contributed by atoms with Gasteiger partial charge in [-0.25, -0.2) is 8.42 Å². The van der Waals surface area contributed by atoms with Crippen LogP contribution in [0.1, 0.15) is 12.8 Å². The van der Waals surface area contributed by atoms with Gasteiger partial charge in [0, 0.05) is 19.1 Å². The number of rotatable bonds is 5. The molecule has 142 valence electrons. The van der Waals surface area contributed by atoms with Gasteiger partial charge in [0.15, 0.2) is 9.84 Å². The second-order valence-electron chi connectivity index (χ2n) is 6.51. The largest absolute Gasteiger partial charge is 0.378 e. The van der Waals surface area contributed by atoms with E-state index in [9.17, 15) is 18.0 Å². The van der Waals surface area contributed by atoms with Crippen LogP contribution in [-0.4, -0.2) is 64.1 Å². The number of benzene rings is 1. The lowest BCUT2D eigenvalue weighted by Gasteiger charge is -2.30. The second kappa shape index (κ2) is 8.05. The summed E-state index contributed by atoms with van der Waals surface area (Å²) in [5, 5.41) is 5.40. The molecule has 0 aromatic heterocycles. The van der Waals surface area contributed by atoms with Crippen LogP contribution in [0.2, 0.25) is 0 Å². The van der Waals surface area contributed by atoms with Crippen molar-refractivity contribution >= 4 is 33.0 Å². The molecule has 2 heterocycles. The Kier molecular flexibility index (Phi) is 5.77. The van der Waals surface area contributed by atoms with E-state index in [4.69, 9.17) is 4.74 Å². The van der Waals surface area contributed by atoms with Gasteiger partial charge in [-0.05, 0) is 18.6 Å². The van der Waals surface area contributed by atoms with Gasteiger partial charge in [0.1, 0.15) is 6.42 Å². The Morgan fingerprint density at radius 3 is 2.58 bits per heavy atom. The highest BCUT2D eigenvalue weighted by Gasteiger charge is 2.29. The molecular weight excluding hydrogens is 358 g/mol. The molecule has 1 aromatic carbocycles. The van der Waals surface area contributed by atoms with E-state index >= 15 is 0 Å². The van der Waals surface area contributed by atoms with Gasteiger partial charge in [-0.1, -0.05) is 12.1 Å². The molecule has 9 heteroatoms. The fraction of sp³-hybridized carbons (Fsp3) is 0.529. The van der Waals surface area contributed by atoms with Crippen LogP contribution in [0.3, 0.4) is 0 Å². The Balaban J connectivity index is 1.55. The van der Waals surface area contributed by atoms with Crippen LogP contribution < -0.4 is 15.5 Å². The molecule has 2 N–H and O–H groups in total. The van der Waals surface area contributed by atoms with Crippen molar-refractivity contribution in [1.82, 2.24) is 5.32 Å². The number of sulfone groups is 1. The first kappa shape index (κ1) is 18.7. The average molecular weight is 381 g/mol. The molecule has 3 rings (SSSR count). The maximum atomic E-state index is 12.2. The predicted octanol–water partition coefficient (Wildman–Crippen LogP) is 0.155. The van der Waals surface area contributed by atoms with Gasteiger partial charge in [-0.2, -0.15) is 0 Å². The number of ether oxygens (including phenoxy) is 1. The summed E-state index contributed by atoms with van der Waals surface area (Å²) in [6.07, 6.45) is 0.0591. The normalized spacial score (nSPS) is 22.0. The van der Waals surface area contributed by atoms with Crippen LogP contribution in [0, 0.1) is 0 Å². The number of anilines is 2. The number of nitrogens with zero attached hydrogens (tertiary/aromatic N) is 1. The molecule has 26 heavy (non-hydrogen) atoms. The molecule has 1 atom stereocenters. The van der Waals surface area contributed by atoms with E-state index in [1.807, 2.05) is 18.2 Å². The van der Waals surface area contributed by atoms with Gasteiger partial charge < -0.3 is 20.3 Å². The molecule has 0 bridgehead atoms. The smallest absolute Gasteiger partial charge is 0.233 e. The van der Waals surface area contributed by atoms with Crippen LogP contribution in [0.25, 0.3) is 0 Å². The summed E-state index contributed by atoms with van der Waals surface area (Å²) >= 11 is 0. The highest BCUT2D eigenvalue weighted by Crippen LogP contribution is 2.26. The number of para-hydroxylation sites is 2. The van der Waals surface area contributed by atoms with Gasteiger partial charge >= 0.3 is 0 Å². The van der Waals surface area contributed by atoms with Crippen LogP contribution in [-0.2, 0) is 24.2 Å². The van der Waals surface area contributed by atoms with Gasteiger partial charge in [0.2, 0.25) is 11.8 Å². The minimum absolute atomic E-state index is 0.0553. The molecular formula is C17H23N3O5S. The first-order valence-corrected chi connectivity index (χ1v) is 10.5. The highest BCUT2D eigenvalue weighted by atomic mass is 32.2. The van der Waals surface area contributed by atoms with Crippen molar-refractivity contribution in [3.8, 4) is 0 Å². The summed E-state index contributed by atoms with van der Waals surface area (Å²) < 4.78 is 28.2. The van der Waals surface area contributed by atoms with Crippen molar-refractivity contribution in [2.45, 2.75) is 18.9 Å². The van der Waals surface area contributed by atoms with Gasteiger partial charge in [-0.3, -0.25) is 9.59 Å². The van der Waals surface area contributed by atoms with E-state index in [-0.39, 0.29) is 17.9 Å². The van der Waals surface area contributed by atoms with Crippen molar-refractivity contribution in [3.63, 3.8) is 0 Å². The van der Waals surface area contributed by atoms with Crippen LogP contribution in [0.4, 0.5) is 11.4 Å². The van der Waals surface area contributed by atoms with E-state index in [1.165, 1.54) is 0 Å². The highest BCUT2D eigenvalue weighted by molar-refractivity contribution is 7.91. The Bertz CT molecular complexity index is 774. The van der Waals surface area contributed by atoms with E-state index in [0.717, 1.165) is 18.8 Å². The van der Waals surface area contributed by atoms with E-state index in [0.29, 0.717) is 25.3 Å². The Morgan fingerprint density at radius 2 is 1.88 bits per heavy atom. The molecule has 0 aliphatic carbocycles. The van der Waals surface area contributed by atoms with Gasteiger partial charge in [0.25, 0.3) is 0 Å². The molecule has 2 saturated heterocycles. The van der Waals surface area contributed by atoms with Crippen molar-refractivity contribution < 1.29 is 22.7 Å².